The number of rotatable bonds is 10. The molecule has 1 heterocycles. The van der Waals surface area contributed by atoms with E-state index in [9.17, 15) is 13.2 Å². The second-order valence-corrected chi connectivity index (χ2v) is 11.9. The molecule has 0 aliphatic heterocycles. The van der Waals surface area contributed by atoms with Crippen LogP contribution in [0.4, 0.5) is 5.95 Å². The van der Waals surface area contributed by atoms with Crippen LogP contribution in [0, 0.1) is 19.8 Å². The number of carbonyl (C=O) groups is 1. The van der Waals surface area contributed by atoms with Crippen LogP contribution in [-0.4, -0.2) is 48.4 Å². The molecule has 4 aromatic rings. The van der Waals surface area contributed by atoms with E-state index >= 15 is 0 Å². The Labute approximate surface area is 229 Å². The molecule has 0 saturated heterocycles. The molecular formula is C30H32N4O4S. The Bertz CT molecular complexity index is 1580. The Morgan fingerprint density at radius 2 is 1.74 bits per heavy atom. The number of ether oxygens (including phenoxy) is 1. The van der Waals surface area contributed by atoms with Crippen LogP contribution in [0.15, 0.2) is 83.9 Å². The number of hydrogen-bond acceptors (Lipinski definition) is 5. The third-order valence-corrected chi connectivity index (χ3v) is 8.80. The molecule has 1 aliphatic carbocycles. The summed E-state index contributed by atoms with van der Waals surface area (Å²) in [7, 11) is -2.36. The fourth-order valence-corrected chi connectivity index (χ4v) is 5.82. The number of amides is 1. The molecule has 0 radical (unpaired) electrons. The molecule has 1 fully saturated rings. The summed E-state index contributed by atoms with van der Waals surface area (Å²) >= 11 is 0. The quantitative estimate of drug-likeness (QED) is 0.296. The number of aryl methyl sites for hydroxylation is 2. The van der Waals surface area contributed by atoms with Gasteiger partial charge >= 0.3 is 0 Å². The Balaban J connectivity index is 1.44. The van der Waals surface area contributed by atoms with Crippen LogP contribution in [-0.2, 0) is 14.8 Å². The molecule has 202 valence electrons. The number of carbonyl (C=O) groups excluding carboxylic acids is 1. The molecule has 5 rings (SSSR count). The van der Waals surface area contributed by atoms with E-state index in [4.69, 9.17) is 9.72 Å². The summed E-state index contributed by atoms with van der Waals surface area (Å²) in [5, 5.41) is 2.89. The molecule has 39 heavy (non-hydrogen) atoms. The largest absolute Gasteiger partial charge is 0.497 e. The van der Waals surface area contributed by atoms with E-state index < -0.39 is 15.9 Å². The average Bonchev–Trinajstić information content (AvgIpc) is 3.67. The first kappa shape index (κ1) is 26.6. The van der Waals surface area contributed by atoms with Gasteiger partial charge in [0, 0.05) is 24.0 Å². The summed E-state index contributed by atoms with van der Waals surface area (Å²) in [6.07, 6.45) is 3.78. The summed E-state index contributed by atoms with van der Waals surface area (Å²) in [5.41, 5.74) is 4.73. The predicted octanol–water partition coefficient (Wildman–Crippen LogP) is 5.20. The molecule has 1 aromatic heterocycles. The second-order valence-electron chi connectivity index (χ2n) is 9.92. The minimum Gasteiger partial charge on any atom is -0.497 e. The first-order valence-electron chi connectivity index (χ1n) is 12.9. The van der Waals surface area contributed by atoms with Gasteiger partial charge in [0.25, 0.3) is 0 Å². The Kier molecular flexibility index (Phi) is 7.54. The normalized spacial score (nSPS) is 13.4. The zero-order valence-corrected chi connectivity index (χ0v) is 23.1. The van der Waals surface area contributed by atoms with E-state index in [0.717, 1.165) is 35.2 Å². The van der Waals surface area contributed by atoms with Crippen LogP contribution in [0.2, 0.25) is 0 Å². The second kappa shape index (κ2) is 11.0. The number of methoxy groups -OCH3 is 1. The van der Waals surface area contributed by atoms with Gasteiger partial charge in [0.15, 0.2) is 0 Å². The van der Waals surface area contributed by atoms with Crippen molar-refractivity contribution in [2.45, 2.75) is 31.6 Å². The van der Waals surface area contributed by atoms with E-state index in [-0.39, 0.29) is 17.4 Å². The minimum absolute atomic E-state index is 0.125. The molecule has 0 bridgehead atoms. The summed E-state index contributed by atoms with van der Waals surface area (Å²) < 4.78 is 35.3. The first-order chi connectivity index (χ1) is 18.7. The maximum atomic E-state index is 13.5. The van der Waals surface area contributed by atoms with Crippen LogP contribution in [0.25, 0.3) is 16.9 Å². The lowest BCUT2D eigenvalue weighted by Crippen LogP contribution is -2.39. The molecule has 0 unspecified atom stereocenters. The third kappa shape index (κ3) is 6.05. The lowest BCUT2D eigenvalue weighted by Gasteiger charge is -2.22. The summed E-state index contributed by atoms with van der Waals surface area (Å²) in [5.74, 6) is 0.694. The topological polar surface area (TPSA) is 93.5 Å². The van der Waals surface area contributed by atoms with Crippen molar-refractivity contribution in [1.29, 1.82) is 0 Å². The number of imidazole rings is 1. The molecule has 0 spiro atoms. The molecule has 1 saturated carbocycles. The molecule has 1 aliphatic rings. The molecule has 1 N–H and O–H groups in total. The highest BCUT2D eigenvalue weighted by Crippen LogP contribution is 2.32. The highest BCUT2D eigenvalue weighted by Gasteiger charge is 2.33. The zero-order chi connectivity index (χ0) is 27.6. The highest BCUT2D eigenvalue weighted by molar-refractivity contribution is 7.89. The number of nitrogens with one attached hydrogen (secondary N) is 1. The molecule has 8 nitrogen and oxygen atoms in total. The number of aromatic nitrogens is 2. The third-order valence-electron chi connectivity index (χ3n) is 6.97. The van der Waals surface area contributed by atoms with Crippen LogP contribution in [0.3, 0.4) is 0 Å². The maximum absolute atomic E-state index is 13.5. The van der Waals surface area contributed by atoms with Gasteiger partial charge in [-0.1, -0.05) is 36.4 Å². The van der Waals surface area contributed by atoms with Crippen LogP contribution in [0.5, 0.6) is 5.75 Å². The van der Waals surface area contributed by atoms with E-state index in [1.54, 1.807) is 12.1 Å². The van der Waals surface area contributed by atoms with Gasteiger partial charge in [-0.15, -0.1) is 0 Å². The van der Waals surface area contributed by atoms with Gasteiger partial charge in [-0.2, -0.15) is 4.31 Å². The standard InChI is InChI=1S/C30H32N4O4S/c1-21-9-12-25(17-22(21)2)34-19-28(24-7-5-4-6-8-24)31-30(34)32-29(35)20-33(18-23-10-11-23)39(36,37)27-15-13-26(38-3)14-16-27/h4-9,12-17,19,23H,10-11,18,20H2,1-3H3,(H,31,32,35). The van der Waals surface area contributed by atoms with E-state index in [2.05, 4.69) is 5.32 Å². The van der Waals surface area contributed by atoms with E-state index in [0.29, 0.717) is 23.9 Å². The molecule has 3 aromatic carbocycles. The lowest BCUT2D eigenvalue weighted by atomic mass is 10.1. The van der Waals surface area contributed by atoms with Crippen LogP contribution >= 0.6 is 0 Å². The number of sulfonamides is 1. The lowest BCUT2D eigenvalue weighted by molar-refractivity contribution is -0.116. The number of nitrogens with zero attached hydrogens (tertiary/aromatic N) is 3. The van der Waals surface area contributed by atoms with Crippen molar-refractivity contribution in [1.82, 2.24) is 13.9 Å². The SMILES string of the molecule is COc1ccc(S(=O)(=O)N(CC(=O)Nc2nc(-c3ccccc3)cn2-c2ccc(C)c(C)c2)CC2CC2)cc1. The molecular weight excluding hydrogens is 512 g/mol. The Morgan fingerprint density at radius 3 is 2.38 bits per heavy atom. The fraction of sp³-hybridized carbons (Fsp3) is 0.267. The summed E-state index contributed by atoms with van der Waals surface area (Å²) in [6.45, 7) is 4.06. The smallest absolute Gasteiger partial charge is 0.243 e. The summed E-state index contributed by atoms with van der Waals surface area (Å²) in [6, 6.07) is 22.0. The molecule has 1 amide bonds. The van der Waals surface area contributed by atoms with Gasteiger partial charge in [0.1, 0.15) is 5.75 Å². The average molecular weight is 545 g/mol. The Hall–Kier alpha value is -3.95. The van der Waals surface area contributed by atoms with Crippen molar-refractivity contribution in [3.05, 3.63) is 90.1 Å². The Morgan fingerprint density at radius 1 is 1.03 bits per heavy atom. The van der Waals surface area contributed by atoms with Gasteiger partial charge < -0.3 is 4.74 Å². The van der Waals surface area contributed by atoms with E-state index in [1.165, 1.54) is 23.5 Å². The van der Waals surface area contributed by atoms with Crippen LogP contribution in [0.1, 0.15) is 24.0 Å². The molecule has 0 atom stereocenters. The van der Waals surface area contributed by atoms with Crippen molar-refractivity contribution in [2.75, 3.05) is 25.5 Å². The van der Waals surface area contributed by atoms with Crippen LogP contribution < -0.4 is 10.1 Å². The van der Waals surface area contributed by atoms with Gasteiger partial charge in [-0.25, -0.2) is 13.4 Å². The van der Waals surface area contributed by atoms with Gasteiger partial charge in [-0.05, 0) is 80.1 Å². The van der Waals surface area contributed by atoms with Crippen molar-refractivity contribution < 1.29 is 17.9 Å². The van der Waals surface area contributed by atoms with Gasteiger partial charge in [-0.3, -0.25) is 14.7 Å². The van der Waals surface area contributed by atoms with Crippen molar-refractivity contribution >= 4 is 21.9 Å². The molecule has 9 heteroatoms. The van der Waals surface area contributed by atoms with E-state index in [1.807, 2.05) is 73.1 Å². The maximum Gasteiger partial charge on any atom is 0.243 e. The fourth-order valence-electron chi connectivity index (χ4n) is 4.35. The van der Waals surface area contributed by atoms with Crippen molar-refractivity contribution in [3.63, 3.8) is 0 Å². The summed E-state index contributed by atoms with van der Waals surface area (Å²) in [4.78, 5) is 18.2. The monoisotopic (exact) mass is 544 g/mol. The zero-order valence-electron chi connectivity index (χ0n) is 22.3. The highest BCUT2D eigenvalue weighted by atomic mass is 32.2. The predicted molar refractivity (Wildman–Crippen MR) is 152 cm³/mol. The van der Waals surface area contributed by atoms with Gasteiger partial charge in [0.2, 0.25) is 21.9 Å². The number of anilines is 1. The van der Waals surface area contributed by atoms with Gasteiger partial charge in [0.05, 0.1) is 24.2 Å². The van der Waals surface area contributed by atoms with Crippen molar-refractivity contribution in [3.8, 4) is 22.7 Å². The van der Waals surface area contributed by atoms with Crippen molar-refractivity contribution in [2.24, 2.45) is 5.92 Å². The first-order valence-corrected chi connectivity index (χ1v) is 14.3. The number of benzene rings is 3. The number of hydrogen-bond donors (Lipinski definition) is 1. The minimum atomic E-state index is -3.89.